The van der Waals surface area contributed by atoms with E-state index in [0.29, 0.717) is 42.9 Å². The van der Waals surface area contributed by atoms with Crippen molar-refractivity contribution in [2.24, 2.45) is 23.5 Å². The second-order valence-electron chi connectivity index (χ2n) is 7.62. The maximum atomic E-state index is 12.7. The Morgan fingerprint density at radius 1 is 1.42 bits per heavy atom. The SMILES string of the molecule is CCN1Cc2nc(OC)c(CNC(=O)[C@H]3[C@H]4CC[C@H](C4)[C@H]3N)cc2C1=O. The normalized spacial score (nSPS) is 29.2. The number of nitrogens with zero attached hydrogens (tertiary/aromatic N) is 2. The Hall–Kier alpha value is -2.15. The first-order valence-electron chi connectivity index (χ1n) is 9.42. The van der Waals surface area contributed by atoms with Crippen molar-refractivity contribution in [1.29, 1.82) is 0 Å². The molecule has 4 rings (SSSR count). The fourth-order valence-electron chi connectivity index (χ4n) is 4.89. The third kappa shape index (κ3) is 2.65. The Labute approximate surface area is 153 Å². The molecule has 7 nitrogen and oxygen atoms in total. The van der Waals surface area contributed by atoms with E-state index in [9.17, 15) is 9.59 Å². The molecule has 2 saturated carbocycles. The van der Waals surface area contributed by atoms with Crippen LogP contribution in [0.3, 0.4) is 0 Å². The van der Waals surface area contributed by atoms with Gasteiger partial charge < -0.3 is 20.7 Å². The molecule has 2 amide bonds. The number of nitrogens with one attached hydrogen (secondary N) is 1. The van der Waals surface area contributed by atoms with Crippen molar-refractivity contribution in [3.8, 4) is 5.88 Å². The van der Waals surface area contributed by atoms with Gasteiger partial charge in [-0.15, -0.1) is 0 Å². The quantitative estimate of drug-likeness (QED) is 0.820. The van der Waals surface area contributed by atoms with E-state index in [-0.39, 0.29) is 23.8 Å². The lowest BCUT2D eigenvalue weighted by molar-refractivity contribution is -0.127. The number of hydrogen-bond donors (Lipinski definition) is 2. The van der Waals surface area contributed by atoms with Gasteiger partial charge in [0.15, 0.2) is 0 Å². The lowest BCUT2D eigenvalue weighted by atomic mass is 9.84. The molecule has 0 unspecified atom stereocenters. The van der Waals surface area contributed by atoms with Crippen LogP contribution in [0.2, 0.25) is 0 Å². The Morgan fingerprint density at radius 3 is 2.85 bits per heavy atom. The van der Waals surface area contributed by atoms with E-state index < -0.39 is 0 Å². The van der Waals surface area contributed by atoms with Crippen molar-refractivity contribution in [3.05, 3.63) is 22.9 Å². The third-order valence-corrected chi connectivity index (χ3v) is 6.31. The molecule has 0 spiro atoms. The van der Waals surface area contributed by atoms with Crippen LogP contribution < -0.4 is 15.8 Å². The van der Waals surface area contributed by atoms with Crippen LogP contribution >= 0.6 is 0 Å². The van der Waals surface area contributed by atoms with Crippen LogP contribution in [0.15, 0.2) is 6.07 Å². The first-order chi connectivity index (χ1) is 12.5. The van der Waals surface area contributed by atoms with Crippen LogP contribution in [-0.2, 0) is 17.9 Å². The number of rotatable bonds is 5. The van der Waals surface area contributed by atoms with Gasteiger partial charge in [-0.2, -0.15) is 0 Å². The predicted octanol–water partition coefficient (Wildman–Crippen LogP) is 1.06. The average molecular weight is 358 g/mol. The summed E-state index contributed by atoms with van der Waals surface area (Å²) in [7, 11) is 1.56. The van der Waals surface area contributed by atoms with Crippen LogP contribution in [0.5, 0.6) is 5.88 Å². The summed E-state index contributed by atoms with van der Waals surface area (Å²) in [5.74, 6) is 1.26. The first-order valence-corrected chi connectivity index (χ1v) is 9.42. The van der Waals surface area contributed by atoms with Crippen molar-refractivity contribution in [2.75, 3.05) is 13.7 Å². The van der Waals surface area contributed by atoms with Gasteiger partial charge in [0.1, 0.15) is 0 Å². The molecule has 1 aromatic rings. The minimum atomic E-state index is -0.0978. The molecule has 1 aromatic heterocycles. The van der Waals surface area contributed by atoms with E-state index in [1.807, 2.05) is 6.92 Å². The highest BCUT2D eigenvalue weighted by Crippen LogP contribution is 2.47. The zero-order valence-electron chi connectivity index (χ0n) is 15.3. The zero-order valence-corrected chi connectivity index (χ0v) is 15.3. The lowest BCUT2D eigenvalue weighted by Gasteiger charge is -2.27. The number of fused-ring (bicyclic) bond motifs is 3. The Bertz CT molecular complexity index is 749. The van der Waals surface area contributed by atoms with E-state index in [2.05, 4.69) is 10.3 Å². The Balaban J connectivity index is 1.49. The van der Waals surface area contributed by atoms with E-state index in [1.165, 1.54) is 0 Å². The van der Waals surface area contributed by atoms with Crippen LogP contribution in [0.1, 0.15) is 47.8 Å². The number of amides is 2. The third-order valence-electron chi connectivity index (χ3n) is 6.31. The van der Waals surface area contributed by atoms with Gasteiger partial charge in [0, 0.05) is 24.7 Å². The van der Waals surface area contributed by atoms with E-state index in [0.717, 1.165) is 30.5 Å². The average Bonchev–Trinajstić information content (AvgIpc) is 3.32. The Morgan fingerprint density at radius 2 is 2.19 bits per heavy atom. The molecule has 26 heavy (non-hydrogen) atoms. The summed E-state index contributed by atoms with van der Waals surface area (Å²) in [6.45, 7) is 3.39. The van der Waals surface area contributed by atoms with Gasteiger partial charge in [-0.1, -0.05) is 0 Å². The molecule has 2 bridgehead atoms. The highest BCUT2D eigenvalue weighted by molar-refractivity contribution is 5.98. The van der Waals surface area contributed by atoms with Crippen molar-refractivity contribution in [1.82, 2.24) is 15.2 Å². The van der Waals surface area contributed by atoms with Crippen LogP contribution in [0.4, 0.5) is 0 Å². The summed E-state index contributed by atoms with van der Waals surface area (Å²) < 4.78 is 5.39. The monoisotopic (exact) mass is 358 g/mol. The second kappa shape index (κ2) is 6.54. The molecule has 0 radical (unpaired) electrons. The van der Waals surface area contributed by atoms with Gasteiger partial charge in [-0.25, -0.2) is 4.98 Å². The summed E-state index contributed by atoms with van der Waals surface area (Å²) in [6.07, 6.45) is 3.32. The van der Waals surface area contributed by atoms with Crippen LogP contribution in [0, 0.1) is 17.8 Å². The number of hydrogen-bond acceptors (Lipinski definition) is 5. The van der Waals surface area contributed by atoms with Gasteiger partial charge in [-0.3, -0.25) is 9.59 Å². The molecule has 4 atom stereocenters. The van der Waals surface area contributed by atoms with Crippen molar-refractivity contribution >= 4 is 11.8 Å². The molecule has 7 heteroatoms. The van der Waals surface area contributed by atoms with Gasteiger partial charge >= 0.3 is 0 Å². The number of methoxy groups -OCH3 is 1. The van der Waals surface area contributed by atoms with Gasteiger partial charge in [-0.05, 0) is 44.1 Å². The number of aromatic nitrogens is 1. The van der Waals surface area contributed by atoms with Crippen molar-refractivity contribution < 1.29 is 14.3 Å². The van der Waals surface area contributed by atoms with Crippen molar-refractivity contribution in [3.63, 3.8) is 0 Å². The molecular weight excluding hydrogens is 332 g/mol. The maximum absolute atomic E-state index is 12.7. The van der Waals surface area contributed by atoms with Crippen molar-refractivity contribution in [2.45, 2.75) is 45.3 Å². The summed E-state index contributed by atoms with van der Waals surface area (Å²) >= 11 is 0. The highest BCUT2D eigenvalue weighted by Gasteiger charge is 2.49. The molecule has 1 aliphatic heterocycles. The summed E-state index contributed by atoms with van der Waals surface area (Å²) in [4.78, 5) is 31.3. The van der Waals surface area contributed by atoms with Gasteiger partial charge in [0.2, 0.25) is 11.8 Å². The zero-order chi connectivity index (χ0) is 18.4. The molecule has 0 saturated heterocycles. The molecule has 2 fully saturated rings. The first kappa shape index (κ1) is 17.3. The van der Waals surface area contributed by atoms with Gasteiger partial charge in [0.05, 0.1) is 30.8 Å². The maximum Gasteiger partial charge on any atom is 0.256 e. The fraction of sp³-hybridized carbons (Fsp3) is 0.632. The molecule has 2 heterocycles. The van der Waals surface area contributed by atoms with E-state index in [4.69, 9.17) is 10.5 Å². The smallest absolute Gasteiger partial charge is 0.256 e. The topological polar surface area (TPSA) is 97.6 Å². The molecular formula is C19H26N4O3. The minimum Gasteiger partial charge on any atom is -0.481 e. The summed E-state index contributed by atoms with van der Waals surface area (Å²) in [6, 6.07) is 1.77. The van der Waals surface area contributed by atoms with Crippen LogP contribution in [-0.4, -0.2) is 41.4 Å². The summed E-state index contributed by atoms with van der Waals surface area (Å²) in [5.41, 5.74) is 8.33. The number of carbonyl (C=O) groups excluding carboxylic acids is 2. The van der Waals surface area contributed by atoms with Gasteiger partial charge in [0.25, 0.3) is 5.91 Å². The fourth-order valence-corrected chi connectivity index (χ4v) is 4.89. The molecule has 3 aliphatic rings. The van der Waals surface area contributed by atoms with Crippen LogP contribution in [0.25, 0.3) is 0 Å². The highest BCUT2D eigenvalue weighted by atomic mass is 16.5. The largest absolute Gasteiger partial charge is 0.481 e. The molecule has 0 aromatic carbocycles. The number of ether oxygens (including phenoxy) is 1. The number of pyridine rings is 1. The number of nitrogens with two attached hydrogens (primary N) is 1. The van der Waals surface area contributed by atoms with E-state index >= 15 is 0 Å². The minimum absolute atomic E-state index is 0.00811. The lowest BCUT2D eigenvalue weighted by Crippen LogP contribution is -2.45. The number of carbonyl (C=O) groups is 2. The molecule has 2 aliphatic carbocycles. The second-order valence-corrected chi connectivity index (χ2v) is 7.62. The van der Waals surface area contributed by atoms with E-state index in [1.54, 1.807) is 18.1 Å². The molecule has 140 valence electrons. The summed E-state index contributed by atoms with van der Waals surface area (Å²) in [5, 5.41) is 3.00. The standard InChI is InChI=1S/C19H26N4O3/c1-3-23-9-14-13(19(23)25)7-12(18(22-14)26-2)8-21-17(24)15-10-4-5-11(6-10)16(15)20/h7,10-11,15-16H,3-6,8-9,20H2,1-2H3,(H,21,24)/t10-,11+,15-,16+/m0/s1. The Kier molecular flexibility index (Phi) is 4.34. The molecule has 3 N–H and O–H groups in total. The predicted molar refractivity (Wildman–Crippen MR) is 95.3 cm³/mol.